The molecule has 1 fully saturated rings. The number of aromatic amines is 1. The maximum absolute atomic E-state index is 9.89. The molecule has 0 amide bonds. The van der Waals surface area contributed by atoms with Gasteiger partial charge in [0.05, 0.1) is 31.1 Å². The van der Waals surface area contributed by atoms with Crippen LogP contribution in [-0.2, 0) is 11.3 Å². The highest BCUT2D eigenvalue weighted by atomic mass is 16.5. The topological polar surface area (TPSA) is 86.3 Å². The Labute approximate surface area is 142 Å². The van der Waals surface area contributed by atoms with Gasteiger partial charge < -0.3 is 15.2 Å². The molecule has 24 heavy (non-hydrogen) atoms. The van der Waals surface area contributed by atoms with Crippen LogP contribution < -0.4 is 5.32 Å². The normalized spacial score (nSPS) is 25.0. The van der Waals surface area contributed by atoms with Crippen LogP contribution in [0.15, 0.2) is 30.6 Å². The zero-order valence-electron chi connectivity index (χ0n) is 14.2. The molecule has 0 bridgehead atoms. The molecular formula is C17H25N5O2. The third kappa shape index (κ3) is 3.49. The number of nitrogens with one attached hydrogen (secondary N) is 2. The number of aromatic nitrogens is 3. The Morgan fingerprint density at radius 3 is 3.00 bits per heavy atom. The van der Waals surface area contributed by atoms with Crippen LogP contribution in [0, 0.1) is 0 Å². The summed E-state index contributed by atoms with van der Waals surface area (Å²) in [6.45, 7) is 4.71. The number of H-pyrrole nitrogens is 1. The molecule has 0 aliphatic carbocycles. The van der Waals surface area contributed by atoms with Crippen LogP contribution in [0.5, 0.6) is 0 Å². The Hall–Kier alpha value is -1.80. The van der Waals surface area contributed by atoms with Gasteiger partial charge in [-0.1, -0.05) is 0 Å². The summed E-state index contributed by atoms with van der Waals surface area (Å²) in [7, 11) is 2.04. The van der Waals surface area contributed by atoms with Crippen molar-refractivity contribution in [2.45, 2.75) is 25.0 Å². The fourth-order valence-electron chi connectivity index (χ4n) is 3.04. The molecule has 0 unspecified atom stereocenters. The molecule has 0 spiro atoms. The minimum absolute atomic E-state index is 0.0616. The van der Waals surface area contributed by atoms with Crippen LogP contribution in [0.2, 0.25) is 0 Å². The zero-order chi connectivity index (χ0) is 17.0. The second kappa shape index (κ2) is 7.40. The van der Waals surface area contributed by atoms with E-state index in [-0.39, 0.29) is 18.2 Å². The van der Waals surface area contributed by atoms with Gasteiger partial charge in [-0.2, -0.15) is 5.10 Å². The number of nitrogens with zero attached hydrogens (tertiary/aromatic N) is 3. The third-order valence-electron chi connectivity index (χ3n) is 4.81. The summed E-state index contributed by atoms with van der Waals surface area (Å²) in [6.07, 6.45) is 3.51. The number of aliphatic hydroxyl groups excluding tert-OH is 1. The van der Waals surface area contributed by atoms with Crippen LogP contribution >= 0.6 is 0 Å². The van der Waals surface area contributed by atoms with Gasteiger partial charge >= 0.3 is 0 Å². The lowest BCUT2D eigenvalue weighted by Gasteiger charge is -2.47. The molecule has 7 nitrogen and oxygen atoms in total. The van der Waals surface area contributed by atoms with E-state index in [0.29, 0.717) is 26.3 Å². The number of likely N-dealkylation sites (N-methyl/N-ethyl adjacent to an activating group) is 1. The van der Waals surface area contributed by atoms with Crippen LogP contribution in [0.3, 0.4) is 0 Å². The van der Waals surface area contributed by atoms with Crippen LogP contribution in [-0.4, -0.2) is 70.2 Å². The van der Waals surface area contributed by atoms with Crippen molar-refractivity contribution in [3.05, 3.63) is 36.3 Å². The van der Waals surface area contributed by atoms with Crippen molar-refractivity contribution >= 4 is 0 Å². The molecule has 0 saturated carbocycles. The first-order chi connectivity index (χ1) is 11.6. The second-order valence-corrected chi connectivity index (χ2v) is 6.48. The molecule has 2 aromatic rings. The standard InChI is InChI=1S/C17H25N5O2/c1-13-9-24-12-17(11-23,22(13)2)10-19-8-15-7-16(21-20-15)14-3-5-18-6-4-14/h3-7,13,19,23H,8-12H2,1-2H3,(H,20,21)/t13-,17+/m1/s1. The van der Waals surface area contributed by atoms with Crippen molar-refractivity contribution in [1.82, 2.24) is 25.4 Å². The first-order valence-corrected chi connectivity index (χ1v) is 8.21. The Morgan fingerprint density at radius 1 is 1.46 bits per heavy atom. The molecule has 3 heterocycles. The van der Waals surface area contributed by atoms with Gasteiger partial charge in [-0.05, 0) is 32.2 Å². The first kappa shape index (κ1) is 17.0. The minimum Gasteiger partial charge on any atom is -0.394 e. The predicted molar refractivity (Wildman–Crippen MR) is 91.4 cm³/mol. The quantitative estimate of drug-likeness (QED) is 0.720. The van der Waals surface area contributed by atoms with E-state index in [9.17, 15) is 5.11 Å². The second-order valence-electron chi connectivity index (χ2n) is 6.48. The van der Waals surface area contributed by atoms with Crippen LogP contribution in [0.1, 0.15) is 12.6 Å². The number of rotatable bonds is 6. The average molecular weight is 331 g/mol. The highest BCUT2D eigenvalue weighted by Gasteiger charge is 2.39. The molecule has 7 heteroatoms. The molecule has 1 saturated heterocycles. The molecule has 0 aromatic carbocycles. The van der Waals surface area contributed by atoms with Gasteiger partial charge in [0.1, 0.15) is 0 Å². The molecule has 3 N–H and O–H groups in total. The number of pyridine rings is 1. The first-order valence-electron chi connectivity index (χ1n) is 8.21. The van der Waals surface area contributed by atoms with Gasteiger partial charge in [0.25, 0.3) is 0 Å². The van der Waals surface area contributed by atoms with Crippen molar-refractivity contribution in [1.29, 1.82) is 0 Å². The van der Waals surface area contributed by atoms with E-state index in [0.717, 1.165) is 17.0 Å². The number of ether oxygens (including phenoxy) is 1. The van der Waals surface area contributed by atoms with E-state index < -0.39 is 0 Å². The van der Waals surface area contributed by atoms with Crippen molar-refractivity contribution in [2.24, 2.45) is 0 Å². The summed E-state index contributed by atoms with van der Waals surface area (Å²) in [4.78, 5) is 6.23. The Balaban J connectivity index is 1.59. The summed E-state index contributed by atoms with van der Waals surface area (Å²) in [5.41, 5.74) is 2.56. The molecule has 3 rings (SSSR count). The van der Waals surface area contributed by atoms with Crippen LogP contribution in [0.25, 0.3) is 11.3 Å². The largest absolute Gasteiger partial charge is 0.394 e. The lowest BCUT2D eigenvalue weighted by atomic mass is 9.96. The summed E-state index contributed by atoms with van der Waals surface area (Å²) in [5, 5.41) is 20.7. The molecule has 2 aromatic heterocycles. The van der Waals surface area contributed by atoms with Gasteiger partial charge in [-0.15, -0.1) is 0 Å². The zero-order valence-corrected chi connectivity index (χ0v) is 14.2. The van der Waals surface area contributed by atoms with E-state index >= 15 is 0 Å². The predicted octanol–water partition coefficient (Wildman–Crippen LogP) is 0.643. The number of hydrogen-bond donors (Lipinski definition) is 3. The lowest BCUT2D eigenvalue weighted by molar-refractivity contribution is -0.106. The molecule has 0 radical (unpaired) electrons. The lowest BCUT2D eigenvalue weighted by Crippen LogP contribution is -2.65. The van der Waals surface area contributed by atoms with Gasteiger partial charge in [0, 0.05) is 42.8 Å². The van der Waals surface area contributed by atoms with Crippen molar-refractivity contribution in [3.63, 3.8) is 0 Å². The number of morpholine rings is 1. The Bertz CT molecular complexity index is 647. The summed E-state index contributed by atoms with van der Waals surface area (Å²) >= 11 is 0. The van der Waals surface area contributed by atoms with E-state index in [1.54, 1.807) is 12.4 Å². The van der Waals surface area contributed by atoms with Crippen LogP contribution in [0.4, 0.5) is 0 Å². The molecule has 1 aliphatic heterocycles. The minimum atomic E-state index is -0.383. The van der Waals surface area contributed by atoms with E-state index in [2.05, 4.69) is 32.3 Å². The van der Waals surface area contributed by atoms with E-state index in [4.69, 9.17) is 4.74 Å². The smallest absolute Gasteiger partial charge is 0.0925 e. The average Bonchev–Trinajstić information content (AvgIpc) is 3.08. The fourth-order valence-corrected chi connectivity index (χ4v) is 3.04. The monoisotopic (exact) mass is 331 g/mol. The maximum Gasteiger partial charge on any atom is 0.0925 e. The molecule has 130 valence electrons. The molecule has 1 aliphatic rings. The Kier molecular flexibility index (Phi) is 5.25. The molecular weight excluding hydrogens is 306 g/mol. The molecule has 2 atom stereocenters. The maximum atomic E-state index is 9.89. The van der Waals surface area contributed by atoms with Crippen molar-refractivity contribution in [2.75, 3.05) is 33.4 Å². The van der Waals surface area contributed by atoms with Gasteiger partial charge in [0.2, 0.25) is 0 Å². The van der Waals surface area contributed by atoms with Gasteiger partial charge in [0.15, 0.2) is 0 Å². The summed E-state index contributed by atoms with van der Waals surface area (Å²) in [6, 6.07) is 6.18. The Morgan fingerprint density at radius 2 is 2.25 bits per heavy atom. The number of hydrogen-bond acceptors (Lipinski definition) is 6. The number of aliphatic hydroxyl groups is 1. The van der Waals surface area contributed by atoms with E-state index in [1.165, 1.54) is 0 Å². The third-order valence-corrected chi connectivity index (χ3v) is 4.81. The van der Waals surface area contributed by atoms with Crippen molar-refractivity contribution in [3.8, 4) is 11.3 Å². The summed E-state index contributed by atoms with van der Waals surface area (Å²) < 4.78 is 5.66. The summed E-state index contributed by atoms with van der Waals surface area (Å²) in [5.74, 6) is 0. The highest BCUT2D eigenvalue weighted by Crippen LogP contribution is 2.22. The van der Waals surface area contributed by atoms with Gasteiger partial charge in [-0.3, -0.25) is 15.0 Å². The SMILES string of the molecule is C[C@@H]1COC[C@@](CO)(CNCc2cc(-c3ccncc3)n[nH]2)N1C. The highest BCUT2D eigenvalue weighted by molar-refractivity contribution is 5.58. The van der Waals surface area contributed by atoms with E-state index in [1.807, 2.05) is 25.2 Å². The fraction of sp³-hybridized carbons (Fsp3) is 0.529. The van der Waals surface area contributed by atoms with Gasteiger partial charge in [-0.25, -0.2) is 0 Å². The van der Waals surface area contributed by atoms with Crippen molar-refractivity contribution < 1.29 is 9.84 Å².